The quantitative estimate of drug-likeness (QED) is 0.431. The van der Waals surface area contributed by atoms with Crippen molar-refractivity contribution in [2.75, 3.05) is 18.5 Å². The van der Waals surface area contributed by atoms with Crippen LogP contribution in [0.25, 0.3) is 0 Å². The van der Waals surface area contributed by atoms with Gasteiger partial charge in [-0.3, -0.25) is 0 Å². The minimum Gasteiger partial charge on any atom is -0.247 e. The van der Waals surface area contributed by atoms with Crippen LogP contribution in [0.3, 0.4) is 0 Å². The lowest BCUT2D eigenvalue weighted by Gasteiger charge is -2.25. The molecule has 0 heterocycles. The second kappa shape index (κ2) is 10.1. The summed E-state index contributed by atoms with van der Waals surface area (Å²) in [6, 6.07) is 6.19. The zero-order valence-corrected chi connectivity index (χ0v) is 15.3. The van der Waals surface area contributed by atoms with E-state index in [4.69, 9.17) is 0 Å². The summed E-state index contributed by atoms with van der Waals surface area (Å²) in [7, 11) is -1.64. The largest absolute Gasteiger partial charge is 0.297 e. The number of hydrogen-bond acceptors (Lipinski definition) is 1. The molecule has 0 aliphatic rings. The molecule has 0 aliphatic heterocycles. The smallest absolute Gasteiger partial charge is 0.247 e. The van der Waals surface area contributed by atoms with E-state index in [9.17, 15) is 9.18 Å². The second-order valence-corrected chi connectivity index (χ2v) is 10.2. The molecule has 0 radical (unpaired) electrons. The Hall–Kier alpha value is -0.750. The Bertz CT molecular complexity index is 419. The third-order valence-electron chi connectivity index (χ3n) is 4.34. The van der Waals surface area contributed by atoms with Crippen LogP contribution in [0.1, 0.15) is 69.7 Å². The Labute approximate surface area is 136 Å². The van der Waals surface area contributed by atoms with Crippen molar-refractivity contribution < 1.29 is 9.18 Å². The van der Waals surface area contributed by atoms with E-state index in [2.05, 4.69) is 20.8 Å². The van der Waals surface area contributed by atoms with E-state index in [0.717, 1.165) is 62.6 Å². The molecular weight excluding hydrogens is 294 g/mol. The molecule has 1 rings (SSSR count). The highest BCUT2D eigenvalue weighted by Crippen LogP contribution is 2.63. The Balaban J connectivity index is 3.06. The van der Waals surface area contributed by atoms with Gasteiger partial charge >= 0.3 is 0 Å². The van der Waals surface area contributed by atoms with Crippen LogP contribution in [-0.2, 0) is 0 Å². The van der Waals surface area contributed by atoms with Gasteiger partial charge in [0.15, 0.2) is 0 Å². The molecule has 124 valence electrons. The summed E-state index contributed by atoms with van der Waals surface area (Å²) < 4.78 is 13.2. The predicted octanol–water partition coefficient (Wildman–Crippen LogP) is 6.38. The summed E-state index contributed by atoms with van der Waals surface area (Å²) in [6.45, 7) is 6.57. The highest BCUT2D eigenvalue weighted by atomic mass is 31.2. The first kappa shape index (κ1) is 19.3. The van der Waals surface area contributed by atoms with Crippen molar-refractivity contribution in [1.82, 2.24) is 0 Å². The van der Waals surface area contributed by atoms with Crippen LogP contribution < -0.4 is 0 Å². The summed E-state index contributed by atoms with van der Waals surface area (Å²) in [6.07, 6.45) is 10.0. The molecule has 0 saturated carbocycles. The topological polar surface area (TPSA) is 17.1 Å². The van der Waals surface area contributed by atoms with Gasteiger partial charge in [-0.1, -0.05) is 40.0 Å². The monoisotopic (exact) mass is 325 g/mol. The van der Waals surface area contributed by atoms with Gasteiger partial charge in [-0.05, 0) is 43.5 Å². The molecule has 0 saturated heterocycles. The molecule has 0 bridgehead atoms. The molecule has 0 spiro atoms. The van der Waals surface area contributed by atoms with Gasteiger partial charge in [0.25, 0.3) is 5.52 Å². The molecule has 3 heteroatoms. The predicted molar refractivity (Wildman–Crippen MR) is 97.0 cm³/mol. The van der Waals surface area contributed by atoms with Gasteiger partial charge in [-0.15, -0.1) is 0 Å². The fraction of sp³-hybridized carbons (Fsp3) is 0.632. The van der Waals surface area contributed by atoms with E-state index in [1.807, 2.05) is 0 Å². The Morgan fingerprint density at radius 2 is 1.27 bits per heavy atom. The zero-order valence-electron chi connectivity index (χ0n) is 14.4. The summed E-state index contributed by atoms with van der Waals surface area (Å²) in [5.74, 6) is -0.267. The Morgan fingerprint density at radius 3 is 1.64 bits per heavy atom. The van der Waals surface area contributed by atoms with Gasteiger partial charge in [0.1, 0.15) is 5.82 Å². The summed E-state index contributed by atoms with van der Waals surface area (Å²) in [5.41, 5.74) is 1.06. The molecule has 0 N–H and O–H groups in total. The highest BCUT2D eigenvalue weighted by molar-refractivity contribution is 7.91. The average molecular weight is 325 g/mol. The van der Waals surface area contributed by atoms with Crippen molar-refractivity contribution >= 4 is 12.8 Å². The summed E-state index contributed by atoms with van der Waals surface area (Å²) in [5, 5.41) is 0. The molecule has 1 aromatic carbocycles. The molecule has 0 amide bonds. The number of rotatable bonds is 11. The van der Waals surface area contributed by atoms with Crippen LogP contribution in [0.4, 0.5) is 4.39 Å². The van der Waals surface area contributed by atoms with E-state index in [1.54, 1.807) is 12.1 Å². The van der Waals surface area contributed by atoms with E-state index in [1.165, 1.54) is 12.1 Å². The van der Waals surface area contributed by atoms with Crippen molar-refractivity contribution in [3.05, 3.63) is 35.6 Å². The zero-order chi connectivity index (χ0) is 16.4. The van der Waals surface area contributed by atoms with Crippen molar-refractivity contribution in [2.24, 2.45) is 0 Å². The first-order chi connectivity index (χ1) is 10.6. The van der Waals surface area contributed by atoms with Crippen LogP contribution in [0.2, 0.25) is 0 Å². The molecule has 1 aromatic rings. The number of unbranched alkanes of at least 4 members (excludes halogenated alkanes) is 3. The van der Waals surface area contributed by atoms with E-state index in [0.29, 0.717) is 5.52 Å². The number of benzene rings is 1. The molecule has 0 unspecified atom stereocenters. The molecule has 0 fully saturated rings. The SMILES string of the molecule is CCCC[P+](CCCC)(CCCC)C(=O)c1ccc(F)cc1. The van der Waals surface area contributed by atoms with Crippen molar-refractivity contribution in [3.8, 4) is 0 Å². The molecule has 22 heavy (non-hydrogen) atoms. The fourth-order valence-corrected chi connectivity index (χ4v) is 7.63. The van der Waals surface area contributed by atoms with Gasteiger partial charge < -0.3 is 0 Å². The van der Waals surface area contributed by atoms with E-state index >= 15 is 0 Å². The lowest BCUT2D eigenvalue weighted by molar-refractivity contribution is 0.107. The van der Waals surface area contributed by atoms with Gasteiger partial charge in [-0.2, -0.15) is 0 Å². The Morgan fingerprint density at radius 1 is 0.864 bits per heavy atom. The van der Waals surface area contributed by atoms with Crippen LogP contribution in [0, 0.1) is 5.82 Å². The van der Waals surface area contributed by atoms with Crippen molar-refractivity contribution in [3.63, 3.8) is 0 Å². The average Bonchev–Trinajstić information content (AvgIpc) is 2.54. The summed E-state index contributed by atoms with van der Waals surface area (Å²) in [4.78, 5) is 13.2. The van der Waals surface area contributed by atoms with Gasteiger partial charge in [0.2, 0.25) is 0 Å². The number of hydrogen-bond donors (Lipinski definition) is 0. The second-order valence-electron chi connectivity index (χ2n) is 6.19. The molecule has 0 atom stereocenters. The summed E-state index contributed by atoms with van der Waals surface area (Å²) >= 11 is 0. The number of carbonyl (C=O) groups is 1. The van der Waals surface area contributed by atoms with Crippen LogP contribution in [0.5, 0.6) is 0 Å². The minimum absolute atomic E-state index is 0.267. The van der Waals surface area contributed by atoms with Crippen molar-refractivity contribution in [2.45, 2.75) is 59.3 Å². The molecular formula is C19H31FOP+. The maximum Gasteiger partial charge on any atom is 0.297 e. The number of carbonyl (C=O) groups excluding carboxylic acids is 1. The maximum atomic E-state index is 13.2. The number of halogens is 1. The van der Waals surface area contributed by atoms with E-state index in [-0.39, 0.29) is 5.82 Å². The Kier molecular flexibility index (Phi) is 8.86. The van der Waals surface area contributed by atoms with Crippen LogP contribution in [0.15, 0.2) is 24.3 Å². The highest BCUT2D eigenvalue weighted by Gasteiger charge is 2.44. The lowest BCUT2D eigenvalue weighted by atomic mass is 10.2. The standard InChI is InChI=1S/C19H31FOP/c1-4-7-14-22(15-8-5-2,16-9-6-3)19(21)17-10-12-18(20)13-11-17/h10-13H,4-9,14-16H2,1-3H3/q+1. The third-order valence-corrected chi connectivity index (χ3v) is 8.98. The van der Waals surface area contributed by atoms with E-state index < -0.39 is 7.26 Å². The minimum atomic E-state index is -1.64. The van der Waals surface area contributed by atoms with Gasteiger partial charge in [0.05, 0.1) is 31.3 Å². The molecule has 0 aromatic heterocycles. The first-order valence-electron chi connectivity index (χ1n) is 8.76. The van der Waals surface area contributed by atoms with Crippen LogP contribution in [-0.4, -0.2) is 24.0 Å². The molecule has 0 aliphatic carbocycles. The fourth-order valence-electron chi connectivity index (χ4n) is 2.89. The van der Waals surface area contributed by atoms with Crippen LogP contribution >= 0.6 is 7.26 Å². The molecule has 1 nitrogen and oxygen atoms in total. The van der Waals surface area contributed by atoms with Gasteiger partial charge in [0, 0.05) is 0 Å². The maximum absolute atomic E-state index is 13.2. The lowest BCUT2D eigenvalue weighted by Crippen LogP contribution is -2.18. The van der Waals surface area contributed by atoms with Crippen molar-refractivity contribution in [1.29, 1.82) is 0 Å². The first-order valence-corrected chi connectivity index (χ1v) is 11.1. The normalized spacial score (nSPS) is 11.6. The third kappa shape index (κ3) is 5.47. The van der Waals surface area contributed by atoms with Gasteiger partial charge in [-0.25, -0.2) is 9.18 Å².